The van der Waals surface area contributed by atoms with Crippen molar-refractivity contribution in [1.82, 2.24) is 15.3 Å². The van der Waals surface area contributed by atoms with E-state index >= 15 is 0 Å². The number of rotatable bonds is 6. The Balaban J connectivity index is 1.51. The Kier molecular flexibility index (Phi) is 4.39. The lowest BCUT2D eigenvalue weighted by Crippen LogP contribution is -2.16. The van der Waals surface area contributed by atoms with Gasteiger partial charge in [0.15, 0.2) is 0 Å². The van der Waals surface area contributed by atoms with E-state index in [1.54, 1.807) is 0 Å². The third-order valence-electron chi connectivity index (χ3n) is 4.03. The number of fused-ring (bicyclic) bond motifs is 1. The highest BCUT2D eigenvalue weighted by atomic mass is 16.1. The third-order valence-corrected chi connectivity index (χ3v) is 4.03. The van der Waals surface area contributed by atoms with Crippen LogP contribution in [-0.2, 0) is 6.54 Å². The highest BCUT2D eigenvalue weighted by Crippen LogP contribution is 2.17. The van der Waals surface area contributed by atoms with Crippen LogP contribution in [-0.4, -0.2) is 16.5 Å². The molecule has 1 aromatic heterocycles. The summed E-state index contributed by atoms with van der Waals surface area (Å²) >= 11 is 0. The van der Waals surface area contributed by atoms with Crippen LogP contribution in [0.4, 0.5) is 0 Å². The summed E-state index contributed by atoms with van der Waals surface area (Å²) in [6.45, 7) is 4.04. The lowest BCUT2D eigenvalue weighted by atomic mass is 9.98. The van der Waals surface area contributed by atoms with E-state index < -0.39 is 0 Å². The quantitative estimate of drug-likeness (QED) is 0.612. The van der Waals surface area contributed by atoms with Gasteiger partial charge in [0.05, 0.1) is 11.0 Å². The van der Waals surface area contributed by atoms with Gasteiger partial charge >= 0.3 is 5.69 Å². The summed E-state index contributed by atoms with van der Waals surface area (Å²) in [5.41, 5.74) is 4.12. The summed E-state index contributed by atoms with van der Waals surface area (Å²) in [5.74, 6) is 0.553. The van der Waals surface area contributed by atoms with Crippen LogP contribution >= 0.6 is 0 Å². The predicted octanol–water partition coefficient (Wildman–Crippen LogP) is 3.14. The van der Waals surface area contributed by atoms with E-state index in [9.17, 15) is 4.79 Å². The molecule has 0 saturated heterocycles. The molecular weight excluding hydrogens is 274 g/mol. The van der Waals surface area contributed by atoms with Crippen LogP contribution in [0.2, 0.25) is 0 Å². The number of hydrogen-bond donors (Lipinski definition) is 3. The number of H-pyrrole nitrogens is 2. The van der Waals surface area contributed by atoms with E-state index in [0.717, 1.165) is 30.5 Å². The number of imidazole rings is 1. The van der Waals surface area contributed by atoms with Crippen LogP contribution in [0.25, 0.3) is 11.0 Å². The first-order valence-corrected chi connectivity index (χ1v) is 7.69. The second-order valence-electron chi connectivity index (χ2n) is 5.74. The molecule has 1 atom stereocenters. The van der Waals surface area contributed by atoms with Crippen molar-refractivity contribution in [2.75, 3.05) is 6.54 Å². The molecule has 0 fully saturated rings. The first-order chi connectivity index (χ1) is 10.7. The third kappa shape index (κ3) is 3.46. The smallest absolute Gasteiger partial charge is 0.313 e. The van der Waals surface area contributed by atoms with Gasteiger partial charge in [-0.3, -0.25) is 0 Å². The number of benzene rings is 2. The molecule has 3 aromatic rings. The van der Waals surface area contributed by atoms with Crippen molar-refractivity contribution in [3.8, 4) is 0 Å². The molecule has 3 rings (SSSR count). The summed E-state index contributed by atoms with van der Waals surface area (Å²) in [5, 5.41) is 3.47. The summed E-state index contributed by atoms with van der Waals surface area (Å²) in [6.07, 6.45) is 1.10. The molecular formula is C18H21N3O. The number of nitrogens with one attached hydrogen (secondary N) is 3. The molecule has 0 spiro atoms. The Hall–Kier alpha value is -2.33. The largest absolute Gasteiger partial charge is 0.323 e. The molecule has 0 aliphatic rings. The maximum atomic E-state index is 11.2. The van der Waals surface area contributed by atoms with Gasteiger partial charge in [-0.2, -0.15) is 0 Å². The molecule has 2 aromatic carbocycles. The van der Waals surface area contributed by atoms with E-state index in [-0.39, 0.29) is 5.69 Å². The molecule has 4 heteroatoms. The molecule has 4 nitrogen and oxygen atoms in total. The molecule has 114 valence electrons. The van der Waals surface area contributed by atoms with Crippen LogP contribution < -0.4 is 11.0 Å². The van der Waals surface area contributed by atoms with Gasteiger partial charge in [0.1, 0.15) is 0 Å². The van der Waals surface area contributed by atoms with Gasteiger partial charge in [-0.25, -0.2) is 4.79 Å². The van der Waals surface area contributed by atoms with Crippen molar-refractivity contribution in [3.05, 3.63) is 70.1 Å². The highest BCUT2D eigenvalue weighted by molar-refractivity contribution is 5.74. The standard InChI is InChI=1S/C18H21N3O/c1-13(15-5-3-2-4-6-15)9-10-19-12-14-7-8-16-17(11-14)21-18(22)20-16/h2-8,11,13,19H,9-10,12H2,1H3,(H2,20,21,22). The molecule has 1 heterocycles. The maximum absolute atomic E-state index is 11.2. The van der Waals surface area contributed by atoms with Crippen LogP contribution in [0.1, 0.15) is 30.4 Å². The van der Waals surface area contributed by atoms with Gasteiger partial charge in [-0.05, 0) is 42.1 Å². The van der Waals surface area contributed by atoms with Gasteiger partial charge < -0.3 is 15.3 Å². The zero-order valence-corrected chi connectivity index (χ0v) is 12.7. The fourth-order valence-corrected chi connectivity index (χ4v) is 2.69. The van der Waals surface area contributed by atoms with E-state index in [0.29, 0.717) is 5.92 Å². The summed E-state index contributed by atoms with van der Waals surface area (Å²) < 4.78 is 0. The van der Waals surface area contributed by atoms with Gasteiger partial charge in [-0.1, -0.05) is 43.3 Å². The SMILES string of the molecule is CC(CCNCc1ccc2[nH]c(=O)[nH]c2c1)c1ccccc1. The molecule has 22 heavy (non-hydrogen) atoms. The second kappa shape index (κ2) is 6.62. The summed E-state index contributed by atoms with van der Waals surface area (Å²) in [6, 6.07) is 16.6. The maximum Gasteiger partial charge on any atom is 0.323 e. The highest BCUT2D eigenvalue weighted by Gasteiger charge is 2.04. The van der Waals surface area contributed by atoms with Crippen LogP contribution in [0.5, 0.6) is 0 Å². The zero-order chi connectivity index (χ0) is 15.4. The Morgan fingerprint density at radius 1 is 1.05 bits per heavy atom. The zero-order valence-electron chi connectivity index (χ0n) is 12.7. The van der Waals surface area contributed by atoms with Crippen LogP contribution in [0.3, 0.4) is 0 Å². The molecule has 0 aliphatic carbocycles. The van der Waals surface area contributed by atoms with Crippen molar-refractivity contribution in [1.29, 1.82) is 0 Å². The topological polar surface area (TPSA) is 60.7 Å². The van der Waals surface area contributed by atoms with Crippen LogP contribution in [0, 0.1) is 0 Å². The van der Waals surface area contributed by atoms with Gasteiger partial charge in [-0.15, -0.1) is 0 Å². The monoisotopic (exact) mass is 295 g/mol. The Morgan fingerprint density at radius 2 is 1.82 bits per heavy atom. The second-order valence-corrected chi connectivity index (χ2v) is 5.74. The molecule has 3 N–H and O–H groups in total. The lowest BCUT2D eigenvalue weighted by molar-refractivity contribution is 0.594. The molecule has 0 amide bonds. The fraction of sp³-hybridized carbons (Fsp3) is 0.278. The van der Waals surface area contributed by atoms with Crippen molar-refractivity contribution < 1.29 is 0 Å². The number of hydrogen-bond acceptors (Lipinski definition) is 2. The van der Waals surface area contributed by atoms with Crippen molar-refractivity contribution in [2.45, 2.75) is 25.8 Å². The molecule has 0 saturated carbocycles. The lowest BCUT2D eigenvalue weighted by Gasteiger charge is -2.12. The Labute approximate surface area is 129 Å². The fourth-order valence-electron chi connectivity index (χ4n) is 2.69. The first kappa shape index (κ1) is 14.6. The minimum Gasteiger partial charge on any atom is -0.313 e. The van der Waals surface area contributed by atoms with E-state index in [2.05, 4.69) is 52.5 Å². The van der Waals surface area contributed by atoms with E-state index in [1.807, 2.05) is 18.2 Å². The van der Waals surface area contributed by atoms with Gasteiger partial charge in [0.25, 0.3) is 0 Å². The Morgan fingerprint density at radius 3 is 2.64 bits per heavy atom. The predicted molar refractivity (Wildman–Crippen MR) is 90.1 cm³/mol. The molecule has 0 bridgehead atoms. The summed E-state index contributed by atoms with van der Waals surface area (Å²) in [7, 11) is 0. The normalized spacial score (nSPS) is 12.6. The van der Waals surface area contributed by atoms with Crippen molar-refractivity contribution >= 4 is 11.0 Å². The minimum atomic E-state index is -0.156. The van der Waals surface area contributed by atoms with Crippen molar-refractivity contribution in [2.24, 2.45) is 0 Å². The Bertz CT molecular complexity index is 789. The molecule has 0 aliphatic heterocycles. The van der Waals surface area contributed by atoms with Gasteiger partial charge in [0, 0.05) is 6.54 Å². The molecule has 1 unspecified atom stereocenters. The average Bonchev–Trinajstić information content (AvgIpc) is 2.91. The van der Waals surface area contributed by atoms with Crippen molar-refractivity contribution in [3.63, 3.8) is 0 Å². The first-order valence-electron chi connectivity index (χ1n) is 7.69. The average molecular weight is 295 g/mol. The number of aromatic nitrogens is 2. The van der Waals surface area contributed by atoms with E-state index in [1.165, 1.54) is 11.1 Å². The number of aromatic amines is 2. The van der Waals surface area contributed by atoms with Gasteiger partial charge in [0.2, 0.25) is 0 Å². The van der Waals surface area contributed by atoms with Crippen LogP contribution in [0.15, 0.2) is 53.3 Å². The molecule has 0 radical (unpaired) electrons. The minimum absolute atomic E-state index is 0.156. The van der Waals surface area contributed by atoms with E-state index in [4.69, 9.17) is 0 Å². The summed E-state index contributed by atoms with van der Waals surface area (Å²) in [4.78, 5) is 16.8.